The summed E-state index contributed by atoms with van der Waals surface area (Å²) in [5.41, 5.74) is 1.24. The lowest BCUT2D eigenvalue weighted by Gasteiger charge is -2.25. The number of carboxylic acids is 1. The highest BCUT2D eigenvalue weighted by Gasteiger charge is 2.35. The number of aliphatic carboxylic acids is 1. The largest absolute Gasteiger partial charge is 0.481 e. The molecule has 0 radical (unpaired) electrons. The van der Waals surface area contributed by atoms with Gasteiger partial charge >= 0.3 is 12.1 Å². The molecule has 2 aromatic carbocycles. The Morgan fingerprint density at radius 1 is 1.11 bits per heavy atom. The molecule has 0 saturated heterocycles. The van der Waals surface area contributed by atoms with Crippen molar-refractivity contribution >= 4 is 12.2 Å². The van der Waals surface area contributed by atoms with Gasteiger partial charge in [-0.1, -0.05) is 48.7 Å². The molecule has 3 rings (SSSR count). The molecular formula is C26H30F4N2O3. The zero-order chi connectivity index (χ0) is 25.3. The molecule has 0 bridgehead atoms. The van der Waals surface area contributed by atoms with Crippen LogP contribution < -0.4 is 5.32 Å². The summed E-state index contributed by atoms with van der Waals surface area (Å²) in [5, 5.41) is 15.3. The first-order valence-electron chi connectivity index (χ1n) is 11.8. The first-order chi connectivity index (χ1) is 16.7. The van der Waals surface area contributed by atoms with E-state index >= 15 is 0 Å². The van der Waals surface area contributed by atoms with Crippen molar-refractivity contribution in [2.75, 3.05) is 6.54 Å². The summed E-state index contributed by atoms with van der Waals surface area (Å²) in [6, 6.07) is 9.08. The Labute approximate surface area is 202 Å². The molecule has 9 heteroatoms. The van der Waals surface area contributed by atoms with E-state index in [1.807, 2.05) is 0 Å². The molecule has 0 unspecified atom stereocenters. The van der Waals surface area contributed by atoms with Crippen LogP contribution >= 0.6 is 0 Å². The summed E-state index contributed by atoms with van der Waals surface area (Å²) in [4.78, 5) is 15.7. The highest BCUT2D eigenvalue weighted by molar-refractivity contribution is 5.66. The van der Waals surface area contributed by atoms with Crippen LogP contribution in [0.4, 0.5) is 17.6 Å². The van der Waals surface area contributed by atoms with Gasteiger partial charge in [0.2, 0.25) is 0 Å². The Morgan fingerprint density at radius 3 is 2.54 bits per heavy atom. The maximum atomic E-state index is 14.2. The minimum Gasteiger partial charge on any atom is -0.481 e. The van der Waals surface area contributed by atoms with Crippen molar-refractivity contribution in [3.05, 3.63) is 70.0 Å². The molecule has 5 nitrogen and oxygen atoms in total. The van der Waals surface area contributed by atoms with E-state index in [1.165, 1.54) is 12.3 Å². The monoisotopic (exact) mass is 494 g/mol. The summed E-state index contributed by atoms with van der Waals surface area (Å²) in [7, 11) is 0. The number of carboxylic acid groups (broad SMARTS) is 1. The first-order valence-corrected chi connectivity index (χ1v) is 11.8. The summed E-state index contributed by atoms with van der Waals surface area (Å²) in [6.45, 7) is 0.365. The Balaban J connectivity index is 1.51. The molecule has 190 valence electrons. The predicted molar refractivity (Wildman–Crippen MR) is 125 cm³/mol. The van der Waals surface area contributed by atoms with Crippen LogP contribution in [0.1, 0.15) is 72.3 Å². The van der Waals surface area contributed by atoms with Gasteiger partial charge in [-0.15, -0.1) is 0 Å². The fourth-order valence-corrected chi connectivity index (χ4v) is 4.30. The minimum absolute atomic E-state index is 0.0433. The van der Waals surface area contributed by atoms with Crippen molar-refractivity contribution in [1.29, 1.82) is 0 Å². The highest BCUT2D eigenvalue weighted by Crippen LogP contribution is 2.41. The Hall–Kier alpha value is -2.94. The molecule has 0 spiro atoms. The van der Waals surface area contributed by atoms with Gasteiger partial charge in [-0.25, -0.2) is 4.39 Å². The molecule has 0 aliphatic heterocycles. The van der Waals surface area contributed by atoms with Crippen molar-refractivity contribution in [2.45, 2.75) is 70.2 Å². The summed E-state index contributed by atoms with van der Waals surface area (Å²) < 4.78 is 55.2. The van der Waals surface area contributed by atoms with Crippen LogP contribution in [0, 0.1) is 5.82 Å². The van der Waals surface area contributed by atoms with Gasteiger partial charge in [0.15, 0.2) is 0 Å². The Morgan fingerprint density at radius 2 is 1.86 bits per heavy atom. The van der Waals surface area contributed by atoms with Crippen LogP contribution in [0.25, 0.3) is 0 Å². The van der Waals surface area contributed by atoms with Crippen LogP contribution in [-0.2, 0) is 35.4 Å². The maximum absolute atomic E-state index is 14.2. The second kappa shape index (κ2) is 12.7. The molecule has 1 aliphatic rings. The molecule has 0 atom stereocenters. The lowest BCUT2D eigenvalue weighted by molar-refractivity contribution is -0.139. The number of oxime groups is 1. The van der Waals surface area contributed by atoms with Crippen molar-refractivity contribution in [1.82, 2.24) is 5.32 Å². The topological polar surface area (TPSA) is 70.9 Å². The van der Waals surface area contributed by atoms with E-state index < -0.39 is 23.5 Å². The summed E-state index contributed by atoms with van der Waals surface area (Å²) in [6.07, 6.45) is 1.81. The SMILES string of the molecule is O=C(O)CCNCc1ccc(CC=NOCc2ccc(C3CCCCC3)c(C(F)(F)F)c2)cc1F. The molecule has 0 heterocycles. The van der Waals surface area contributed by atoms with Gasteiger partial charge in [0.25, 0.3) is 0 Å². The van der Waals surface area contributed by atoms with Gasteiger partial charge in [-0.05, 0) is 47.6 Å². The van der Waals surface area contributed by atoms with Gasteiger partial charge in [0.1, 0.15) is 12.4 Å². The summed E-state index contributed by atoms with van der Waals surface area (Å²) >= 11 is 0. The van der Waals surface area contributed by atoms with E-state index in [0.29, 0.717) is 22.3 Å². The maximum Gasteiger partial charge on any atom is 0.416 e. The normalized spacial score (nSPS) is 15.0. The Kier molecular flexibility index (Phi) is 9.65. The number of hydrogen-bond acceptors (Lipinski definition) is 4. The quantitative estimate of drug-likeness (QED) is 0.169. The van der Waals surface area contributed by atoms with Crippen LogP contribution in [0.3, 0.4) is 0 Å². The van der Waals surface area contributed by atoms with Crippen molar-refractivity contribution in [3.63, 3.8) is 0 Å². The van der Waals surface area contributed by atoms with E-state index in [0.717, 1.165) is 38.2 Å². The van der Waals surface area contributed by atoms with Gasteiger partial charge in [0, 0.05) is 31.3 Å². The number of halogens is 4. The van der Waals surface area contributed by atoms with Crippen LogP contribution in [0.15, 0.2) is 41.6 Å². The molecule has 1 saturated carbocycles. The second-order valence-electron chi connectivity index (χ2n) is 8.77. The molecule has 2 N–H and O–H groups in total. The van der Waals surface area contributed by atoms with E-state index in [-0.39, 0.29) is 38.5 Å². The number of nitrogens with one attached hydrogen (secondary N) is 1. The average Bonchev–Trinajstić information content (AvgIpc) is 2.82. The van der Waals surface area contributed by atoms with Gasteiger partial charge in [0.05, 0.1) is 12.0 Å². The number of benzene rings is 2. The van der Waals surface area contributed by atoms with E-state index in [1.54, 1.807) is 24.3 Å². The fraction of sp³-hybridized carbons (Fsp3) is 0.462. The smallest absolute Gasteiger partial charge is 0.416 e. The van der Waals surface area contributed by atoms with Crippen LogP contribution in [-0.4, -0.2) is 23.8 Å². The van der Waals surface area contributed by atoms with Crippen molar-refractivity contribution < 1.29 is 32.3 Å². The zero-order valence-electron chi connectivity index (χ0n) is 19.4. The molecular weight excluding hydrogens is 464 g/mol. The Bertz CT molecular complexity index is 1020. The standard InChI is InChI=1S/C26H30F4N2O3/c27-24-15-18(6-8-21(24)16-31-12-11-25(33)34)10-13-32-35-17-19-7-9-22(20-4-2-1-3-5-20)23(14-19)26(28,29)30/h6-9,13-15,20,31H,1-5,10-12,16-17H2,(H,33,34). The predicted octanol–water partition coefficient (Wildman–Crippen LogP) is 6.20. The van der Waals surface area contributed by atoms with E-state index in [9.17, 15) is 22.4 Å². The lowest BCUT2D eigenvalue weighted by atomic mass is 9.81. The number of carbonyl (C=O) groups is 1. The third-order valence-corrected chi connectivity index (χ3v) is 6.12. The number of nitrogens with zero attached hydrogens (tertiary/aromatic N) is 1. The lowest BCUT2D eigenvalue weighted by Crippen LogP contribution is -2.18. The minimum atomic E-state index is -4.42. The third kappa shape index (κ3) is 8.35. The van der Waals surface area contributed by atoms with Crippen molar-refractivity contribution in [3.8, 4) is 0 Å². The van der Waals surface area contributed by atoms with Gasteiger partial charge in [-0.3, -0.25) is 4.79 Å². The van der Waals surface area contributed by atoms with Crippen LogP contribution in [0.2, 0.25) is 0 Å². The second-order valence-corrected chi connectivity index (χ2v) is 8.77. The highest BCUT2D eigenvalue weighted by atomic mass is 19.4. The molecule has 2 aromatic rings. The van der Waals surface area contributed by atoms with E-state index in [2.05, 4.69) is 10.5 Å². The van der Waals surface area contributed by atoms with Crippen LogP contribution in [0.5, 0.6) is 0 Å². The van der Waals surface area contributed by atoms with E-state index in [4.69, 9.17) is 9.94 Å². The molecule has 0 amide bonds. The molecule has 35 heavy (non-hydrogen) atoms. The number of hydrogen-bond donors (Lipinski definition) is 2. The molecule has 1 fully saturated rings. The molecule has 1 aliphatic carbocycles. The first kappa shape index (κ1) is 26.7. The number of rotatable bonds is 11. The molecule has 0 aromatic heterocycles. The van der Waals surface area contributed by atoms with Gasteiger partial charge < -0.3 is 15.3 Å². The third-order valence-electron chi connectivity index (χ3n) is 6.12. The number of alkyl halides is 3. The summed E-state index contributed by atoms with van der Waals surface area (Å²) in [5.74, 6) is -1.40. The van der Waals surface area contributed by atoms with Crippen molar-refractivity contribution in [2.24, 2.45) is 5.16 Å². The zero-order valence-corrected chi connectivity index (χ0v) is 19.4. The fourth-order valence-electron chi connectivity index (χ4n) is 4.30. The average molecular weight is 495 g/mol. The van der Waals surface area contributed by atoms with Gasteiger partial charge in [-0.2, -0.15) is 13.2 Å².